The second-order valence-corrected chi connectivity index (χ2v) is 46.2. The van der Waals surface area contributed by atoms with Gasteiger partial charge in [-0.15, -0.1) is 0 Å². The number of fused-ring (bicyclic) bond motifs is 1. The number of nitrogens with zero attached hydrogens (tertiary/aromatic N) is 4. The van der Waals surface area contributed by atoms with E-state index in [0.29, 0.717) is 6.54 Å². The van der Waals surface area contributed by atoms with Crippen LogP contribution in [0, 0.1) is 92.7 Å². The highest BCUT2D eigenvalue weighted by Crippen LogP contribution is 2.82. The third-order valence-corrected chi connectivity index (χ3v) is 40.1. The van der Waals surface area contributed by atoms with Crippen molar-refractivity contribution < 1.29 is 19.0 Å². The number of rotatable bonds is 10. The molecule has 4 unspecified atom stereocenters. The Morgan fingerprint density at radius 2 is 0.670 bits per heavy atom. The lowest BCUT2D eigenvalue weighted by Crippen LogP contribution is -2.94. The average molecular weight is 1400 g/mol. The van der Waals surface area contributed by atoms with E-state index < -0.39 is 38.7 Å². The second-order valence-electron chi connectivity index (χ2n) is 46.2. The monoisotopic (exact) mass is 1400 g/mol. The molecule has 0 radical (unpaired) electrons. The molecule has 1 amide bonds. The molecular weight excluding hydrogens is 1230 g/mol. The zero-order valence-corrected chi connectivity index (χ0v) is 77.6. The van der Waals surface area contributed by atoms with Crippen LogP contribution in [-0.4, -0.2) is 126 Å². The van der Waals surface area contributed by atoms with Crippen LogP contribution in [0.15, 0.2) is 0 Å². The number of amides is 1. The van der Waals surface area contributed by atoms with Crippen LogP contribution in [-0.2, 0) is 25.2 Å². The lowest BCUT2D eigenvalue weighted by atomic mass is 9.34. The van der Waals surface area contributed by atoms with Crippen molar-refractivity contribution in [2.75, 3.05) is 27.8 Å². The first-order chi connectivity index (χ1) is 43.2. The molecule has 4 atom stereocenters. The predicted octanol–water partition coefficient (Wildman–Crippen LogP) is 23.7. The van der Waals surface area contributed by atoms with E-state index in [1.54, 1.807) is 0 Å². The Morgan fingerprint density at radius 1 is 0.380 bits per heavy atom. The highest BCUT2D eigenvalue weighted by molar-refractivity contribution is 5.68. The van der Waals surface area contributed by atoms with Gasteiger partial charge < -0.3 is 19.5 Å². The molecule has 584 valence electrons. The highest BCUT2D eigenvalue weighted by Gasteiger charge is 2.87. The number of carbonyl (C=O) groups excluding carboxylic acids is 1. The van der Waals surface area contributed by atoms with Crippen molar-refractivity contribution in [1.82, 2.24) is 24.9 Å². The molecule has 4 saturated heterocycles. The van der Waals surface area contributed by atoms with Crippen LogP contribution in [0.5, 0.6) is 0 Å². The standard InChI is InChI=1S/C56H102N2O2.C35H69N3O2/c1-35-36(2)38(4)40-39(37(35)3)42(8,9)56(41(5,6)7,53(40,30)60-34)51(26,27)57-48(20,21)45(14,15)55(32,46(16,17)49(57,22)23)58-47(18,19)43(10,11)44(12,13)54(31,50(58,24)25)52(28,29)59-33;1-23-36-24(39)40-33(18,19)34(20)26(4,5)25(2,3)31(14,15)38(32(34,16)17)35(21)27(6,7)29(10,11)37(22)30(12,13)28(35,8)9/h1-34H3;23H2,1-22H3,(H,36,39). The number of alkyl carbamates (subject to hydrolysis) is 1. The van der Waals surface area contributed by atoms with Crippen LogP contribution < -0.4 is 5.32 Å². The fourth-order valence-electron chi connectivity index (χ4n) is 29.9. The number of methoxy groups -OCH3 is 2. The Labute approximate surface area is 623 Å². The first-order valence-electron chi connectivity index (χ1n) is 39.6. The first kappa shape index (κ1) is 88.9. The Morgan fingerprint density at radius 3 is 0.950 bits per heavy atom. The van der Waals surface area contributed by atoms with E-state index in [4.69, 9.17) is 14.2 Å². The van der Waals surface area contributed by atoms with Gasteiger partial charge in [-0.1, -0.05) is 159 Å². The van der Waals surface area contributed by atoms with Gasteiger partial charge in [-0.25, -0.2) is 4.79 Å². The molecule has 1 aliphatic carbocycles. The summed E-state index contributed by atoms with van der Waals surface area (Å²) in [6.07, 6.45) is -0.344. The van der Waals surface area contributed by atoms with Gasteiger partial charge in [0.1, 0.15) is 5.60 Å². The normalized spacial score (nSPS) is 33.5. The maximum atomic E-state index is 13.1. The minimum absolute atomic E-state index is 0.104. The van der Waals surface area contributed by atoms with Crippen LogP contribution in [0.2, 0.25) is 0 Å². The summed E-state index contributed by atoms with van der Waals surface area (Å²) in [6.45, 7) is 132. The fourth-order valence-corrected chi connectivity index (χ4v) is 29.9. The molecule has 9 nitrogen and oxygen atoms in total. The summed E-state index contributed by atoms with van der Waals surface area (Å²) in [7, 11) is 6.26. The van der Waals surface area contributed by atoms with E-state index in [0.717, 1.165) is 0 Å². The van der Waals surface area contributed by atoms with Gasteiger partial charge in [0.25, 0.3) is 0 Å². The van der Waals surface area contributed by atoms with E-state index in [1.807, 2.05) is 21.1 Å². The number of benzene rings is 1. The molecule has 100 heavy (non-hydrogen) atoms. The number of hydrogen-bond acceptors (Lipinski definition) is 8. The summed E-state index contributed by atoms with van der Waals surface area (Å²) in [4.78, 5) is 24.8. The third kappa shape index (κ3) is 8.96. The molecule has 0 bridgehead atoms. The van der Waals surface area contributed by atoms with Crippen molar-refractivity contribution in [2.45, 2.75) is 450 Å². The molecule has 0 aromatic heterocycles. The lowest BCUT2D eigenvalue weighted by molar-refractivity contribution is -0.384. The SMILES string of the molecule is CCNC(=O)OC(C)(C)C1(C)C(C)(C)N(C2(C)C(C)(C)C(C)(C)N(C)C(C)(C)C2(C)C)C(C)(C)C(C)(C)C1(C)C.COC(C)(C)C1(C)C(C)(C)N(C2(C)C(C)(C)C(C)(C)N(C(C)(C)C3(C(C)(C)C)C(C)(C)c4c(C)c(C)c(C)c(C)c4C3(C)OC)C(C)(C)C2(C)C)C(C)(C)C(C)(C)C1(C)C. The van der Waals surface area contributed by atoms with Crippen LogP contribution in [0.25, 0.3) is 0 Å². The van der Waals surface area contributed by atoms with E-state index in [1.165, 1.54) is 33.4 Å². The van der Waals surface area contributed by atoms with Crippen molar-refractivity contribution in [3.63, 3.8) is 0 Å². The smallest absolute Gasteiger partial charge is 0.407 e. The molecule has 4 aliphatic heterocycles. The molecule has 0 spiro atoms. The van der Waals surface area contributed by atoms with Crippen LogP contribution in [0.3, 0.4) is 0 Å². The van der Waals surface area contributed by atoms with Crippen LogP contribution >= 0.6 is 0 Å². The zero-order chi connectivity index (χ0) is 80.4. The summed E-state index contributed by atoms with van der Waals surface area (Å²) in [5.41, 5.74) is 0.568. The molecule has 4 heterocycles. The Hall–Kier alpha value is -1.75. The molecule has 1 N–H and O–H groups in total. The first-order valence-corrected chi connectivity index (χ1v) is 39.6. The number of carbonyl (C=O) groups is 1. The largest absolute Gasteiger partial charge is 0.443 e. The molecule has 9 heteroatoms. The Balaban J connectivity index is 0.000000391. The highest BCUT2D eigenvalue weighted by atomic mass is 16.6. The molecule has 6 rings (SSSR count). The minimum Gasteiger partial charge on any atom is -0.443 e. The fraction of sp³-hybridized carbons (Fsp3) is 0.923. The Bertz CT molecular complexity index is 3280. The molecule has 0 saturated carbocycles. The third-order valence-electron chi connectivity index (χ3n) is 40.1. The lowest BCUT2D eigenvalue weighted by Gasteiger charge is -2.87. The number of nitrogens with one attached hydrogen (secondary N) is 1. The summed E-state index contributed by atoms with van der Waals surface area (Å²) >= 11 is 0. The van der Waals surface area contributed by atoms with Gasteiger partial charge in [0.15, 0.2) is 0 Å². The van der Waals surface area contributed by atoms with Crippen molar-refractivity contribution in [3.8, 4) is 0 Å². The topological polar surface area (TPSA) is 69.8 Å². The van der Waals surface area contributed by atoms with Gasteiger partial charge in [0.2, 0.25) is 0 Å². The molecule has 1 aromatic rings. The number of hydrogen-bond donors (Lipinski definition) is 1. The summed E-state index contributed by atoms with van der Waals surface area (Å²) in [5.74, 6) is 0. The van der Waals surface area contributed by atoms with Gasteiger partial charge in [-0.2, -0.15) is 0 Å². The van der Waals surface area contributed by atoms with E-state index in [2.05, 4.69) is 392 Å². The van der Waals surface area contributed by atoms with E-state index in [9.17, 15) is 4.79 Å². The minimum atomic E-state index is -0.771. The molecule has 4 fully saturated rings. The van der Waals surface area contributed by atoms with Crippen LogP contribution in [0.4, 0.5) is 4.79 Å². The van der Waals surface area contributed by atoms with E-state index >= 15 is 0 Å². The zero-order valence-electron chi connectivity index (χ0n) is 77.6. The summed E-state index contributed by atoms with van der Waals surface area (Å²) in [5, 5.41) is 2.90. The average Bonchev–Trinajstić information content (AvgIpc) is 0.920. The van der Waals surface area contributed by atoms with Gasteiger partial charge in [0.05, 0.1) is 11.2 Å². The summed E-state index contributed by atoms with van der Waals surface area (Å²) in [6, 6.07) is 0. The van der Waals surface area contributed by atoms with Crippen LogP contribution in [0.1, 0.15) is 373 Å². The Kier molecular flexibility index (Phi) is 20.4. The van der Waals surface area contributed by atoms with Crippen molar-refractivity contribution >= 4 is 6.09 Å². The van der Waals surface area contributed by atoms with Gasteiger partial charge in [0, 0.05) is 125 Å². The molecule has 1 aromatic carbocycles. The maximum Gasteiger partial charge on any atom is 0.407 e. The van der Waals surface area contributed by atoms with Gasteiger partial charge in [-0.05, 0) is 275 Å². The van der Waals surface area contributed by atoms with Gasteiger partial charge in [-0.3, -0.25) is 19.6 Å². The number of likely N-dealkylation sites (tertiary alicyclic amines) is 4. The van der Waals surface area contributed by atoms with Gasteiger partial charge >= 0.3 is 6.09 Å². The number of ether oxygens (including phenoxy) is 3. The van der Waals surface area contributed by atoms with Crippen molar-refractivity contribution in [3.05, 3.63) is 33.4 Å². The predicted molar refractivity (Wildman–Crippen MR) is 433 cm³/mol. The molecule has 5 aliphatic rings. The van der Waals surface area contributed by atoms with Crippen molar-refractivity contribution in [1.29, 1.82) is 0 Å². The number of piperidine rings is 4. The van der Waals surface area contributed by atoms with E-state index in [-0.39, 0.29) is 116 Å². The maximum absolute atomic E-state index is 13.1. The van der Waals surface area contributed by atoms with Crippen molar-refractivity contribution in [2.24, 2.45) is 65.0 Å². The molecular formula is C91H171N5O4. The summed E-state index contributed by atoms with van der Waals surface area (Å²) < 4.78 is 20.4. The second kappa shape index (κ2) is 22.9. The quantitative estimate of drug-likeness (QED) is 0.249.